The van der Waals surface area contributed by atoms with Gasteiger partial charge in [0, 0.05) is 32.0 Å². The SMILES string of the molecule is CCCCCCNC(=O)N(C)P(=O)(SCCCCC)N(C)C(=O)c1ccccc1. The second-order valence-corrected chi connectivity index (χ2v) is 12.1. The minimum atomic E-state index is -3.46. The Morgan fingerprint density at radius 1 is 0.931 bits per heavy atom. The molecule has 0 bridgehead atoms. The van der Waals surface area contributed by atoms with E-state index in [0.29, 0.717) is 17.9 Å². The highest BCUT2D eigenvalue weighted by atomic mass is 32.7. The van der Waals surface area contributed by atoms with Gasteiger partial charge in [-0.3, -0.25) is 18.7 Å². The van der Waals surface area contributed by atoms with Gasteiger partial charge in [-0.2, -0.15) is 0 Å². The molecule has 8 heteroatoms. The number of nitrogens with one attached hydrogen (secondary N) is 1. The predicted octanol–water partition coefficient (Wildman–Crippen LogP) is 6.01. The van der Waals surface area contributed by atoms with E-state index in [1.165, 1.54) is 34.8 Å². The van der Waals surface area contributed by atoms with Crippen LogP contribution in [0.5, 0.6) is 0 Å². The van der Waals surface area contributed by atoms with Crippen LogP contribution in [0.4, 0.5) is 4.79 Å². The lowest BCUT2D eigenvalue weighted by atomic mass is 10.2. The highest BCUT2D eigenvalue weighted by Crippen LogP contribution is 2.63. The Balaban J connectivity index is 2.90. The average molecular weight is 442 g/mol. The van der Waals surface area contributed by atoms with Crippen molar-refractivity contribution in [2.75, 3.05) is 26.4 Å². The lowest BCUT2D eigenvalue weighted by molar-refractivity contribution is 0.0878. The molecule has 0 spiro atoms. The molecule has 1 aromatic rings. The zero-order valence-electron chi connectivity index (χ0n) is 18.2. The maximum absolute atomic E-state index is 13.9. The fraction of sp³-hybridized carbons (Fsp3) is 0.619. The number of rotatable bonds is 13. The Morgan fingerprint density at radius 2 is 1.55 bits per heavy atom. The Kier molecular flexibility index (Phi) is 12.1. The third kappa shape index (κ3) is 8.06. The fourth-order valence-electron chi connectivity index (χ4n) is 2.77. The largest absolute Gasteiger partial charge is 0.338 e. The summed E-state index contributed by atoms with van der Waals surface area (Å²) in [4.78, 5) is 25.6. The van der Waals surface area contributed by atoms with Gasteiger partial charge in [-0.05, 0) is 25.0 Å². The lowest BCUT2D eigenvalue weighted by Crippen LogP contribution is -2.39. The van der Waals surface area contributed by atoms with Gasteiger partial charge in [-0.1, -0.05) is 75.5 Å². The van der Waals surface area contributed by atoms with Crippen LogP contribution in [0.2, 0.25) is 0 Å². The minimum Gasteiger partial charge on any atom is -0.338 e. The first-order valence-corrected chi connectivity index (χ1v) is 13.7. The summed E-state index contributed by atoms with van der Waals surface area (Å²) in [6.07, 6.45) is 7.17. The molecular weight excluding hydrogens is 405 g/mol. The van der Waals surface area contributed by atoms with Gasteiger partial charge >= 0.3 is 12.7 Å². The molecule has 0 aromatic heterocycles. The molecule has 29 heavy (non-hydrogen) atoms. The van der Waals surface area contributed by atoms with Crippen LogP contribution in [0.1, 0.15) is 69.2 Å². The van der Waals surface area contributed by atoms with Gasteiger partial charge in [0.25, 0.3) is 5.91 Å². The lowest BCUT2D eigenvalue weighted by Gasteiger charge is -2.34. The zero-order valence-corrected chi connectivity index (χ0v) is 19.9. The van der Waals surface area contributed by atoms with Crippen molar-refractivity contribution in [2.45, 2.75) is 58.8 Å². The van der Waals surface area contributed by atoms with Crippen LogP contribution < -0.4 is 5.32 Å². The average Bonchev–Trinajstić information content (AvgIpc) is 2.75. The minimum absolute atomic E-state index is 0.348. The van der Waals surface area contributed by atoms with Crippen LogP contribution in [-0.4, -0.2) is 47.7 Å². The van der Waals surface area contributed by atoms with Gasteiger partial charge in [-0.25, -0.2) is 4.79 Å². The molecule has 1 rings (SSSR count). The Hall–Kier alpha value is -1.46. The number of hydrogen-bond acceptors (Lipinski definition) is 4. The second-order valence-electron chi connectivity index (χ2n) is 7.04. The van der Waals surface area contributed by atoms with Crippen LogP contribution >= 0.6 is 18.0 Å². The molecule has 3 amide bonds. The molecule has 0 heterocycles. The summed E-state index contributed by atoms with van der Waals surface area (Å²) in [5, 5.41) is 2.85. The predicted molar refractivity (Wildman–Crippen MR) is 123 cm³/mol. The molecule has 164 valence electrons. The number of nitrogens with zero attached hydrogens (tertiary/aromatic N) is 2. The first-order valence-electron chi connectivity index (χ1n) is 10.5. The standard InChI is InChI=1S/C21H36N3O3PS/c1-5-7-9-13-17-22-21(26)24(4)28(27,29-18-14-8-6-2)23(3)20(25)19-15-11-10-12-16-19/h10-12,15-16H,5-9,13-14,17-18H2,1-4H3,(H,22,26). The molecule has 1 aromatic carbocycles. The van der Waals surface area contributed by atoms with Crippen LogP contribution in [0, 0.1) is 0 Å². The summed E-state index contributed by atoms with van der Waals surface area (Å²) in [7, 11) is 3.04. The number of unbranched alkanes of at least 4 members (excludes halogenated alkanes) is 5. The number of carbonyl (C=O) groups excluding carboxylic acids is 2. The number of amides is 3. The van der Waals surface area contributed by atoms with E-state index in [-0.39, 0.29) is 5.91 Å². The first-order chi connectivity index (χ1) is 13.9. The van der Waals surface area contributed by atoms with Crippen LogP contribution in [0.25, 0.3) is 0 Å². The number of benzene rings is 1. The zero-order chi connectivity index (χ0) is 21.7. The van der Waals surface area contributed by atoms with E-state index >= 15 is 0 Å². The van der Waals surface area contributed by atoms with Crippen molar-refractivity contribution in [3.8, 4) is 0 Å². The monoisotopic (exact) mass is 441 g/mol. The van der Waals surface area contributed by atoms with E-state index < -0.39 is 12.7 Å². The first kappa shape index (κ1) is 25.6. The van der Waals surface area contributed by atoms with Crippen molar-refractivity contribution in [2.24, 2.45) is 0 Å². The quantitative estimate of drug-likeness (QED) is 0.300. The molecule has 1 unspecified atom stereocenters. The van der Waals surface area contributed by atoms with Crippen molar-refractivity contribution in [1.82, 2.24) is 14.7 Å². The van der Waals surface area contributed by atoms with Crippen LogP contribution in [0.3, 0.4) is 0 Å². The number of carbonyl (C=O) groups is 2. The van der Waals surface area contributed by atoms with E-state index in [2.05, 4.69) is 19.2 Å². The molecule has 1 atom stereocenters. The van der Waals surface area contributed by atoms with E-state index in [1.54, 1.807) is 24.3 Å². The van der Waals surface area contributed by atoms with Gasteiger partial charge in [-0.15, -0.1) is 0 Å². The Morgan fingerprint density at radius 3 is 2.17 bits per heavy atom. The summed E-state index contributed by atoms with van der Waals surface area (Å²) < 4.78 is 16.4. The fourth-order valence-corrected chi connectivity index (χ4v) is 7.32. The van der Waals surface area contributed by atoms with Gasteiger partial charge < -0.3 is 5.32 Å². The van der Waals surface area contributed by atoms with Crippen molar-refractivity contribution in [1.29, 1.82) is 0 Å². The topological polar surface area (TPSA) is 69.7 Å². The summed E-state index contributed by atoms with van der Waals surface area (Å²) >= 11 is 1.20. The molecule has 0 saturated heterocycles. The van der Waals surface area contributed by atoms with E-state index in [0.717, 1.165) is 44.9 Å². The van der Waals surface area contributed by atoms with Crippen molar-refractivity contribution >= 4 is 30.0 Å². The molecule has 6 nitrogen and oxygen atoms in total. The van der Waals surface area contributed by atoms with E-state index in [9.17, 15) is 14.2 Å². The van der Waals surface area contributed by atoms with Crippen LogP contribution in [0.15, 0.2) is 30.3 Å². The maximum Gasteiger partial charge on any atom is 0.324 e. The molecular formula is C21H36N3O3PS. The molecule has 0 saturated carbocycles. The molecule has 0 aliphatic carbocycles. The molecule has 0 aliphatic rings. The molecule has 0 aliphatic heterocycles. The summed E-state index contributed by atoms with van der Waals surface area (Å²) in [6, 6.07) is 8.35. The van der Waals surface area contributed by atoms with E-state index in [4.69, 9.17) is 0 Å². The smallest absolute Gasteiger partial charge is 0.324 e. The number of urea groups is 1. The Labute approximate surface area is 180 Å². The normalized spacial score (nSPS) is 12.8. The highest BCUT2D eigenvalue weighted by molar-refractivity contribution is 8.56. The summed E-state index contributed by atoms with van der Waals surface area (Å²) in [5.41, 5.74) is 0.456. The maximum atomic E-state index is 13.9. The summed E-state index contributed by atoms with van der Waals surface area (Å²) in [6.45, 7) is 1.32. The number of hydrogen-bond donors (Lipinski definition) is 1. The van der Waals surface area contributed by atoms with Gasteiger partial charge in [0.15, 0.2) is 0 Å². The third-order valence-corrected chi connectivity index (χ3v) is 10.4. The van der Waals surface area contributed by atoms with E-state index in [1.807, 2.05) is 6.07 Å². The molecule has 0 radical (unpaired) electrons. The van der Waals surface area contributed by atoms with Gasteiger partial charge in [0.2, 0.25) is 0 Å². The summed E-state index contributed by atoms with van der Waals surface area (Å²) in [5.74, 6) is 0.283. The van der Waals surface area contributed by atoms with Gasteiger partial charge in [0.1, 0.15) is 0 Å². The third-order valence-electron chi connectivity index (χ3n) is 4.68. The van der Waals surface area contributed by atoms with Gasteiger partial charge in [0.05, 0.1) is 0 Å². The van der Waals surface area contributed by atoms with Crippen molar-refractivity contribution in [3.05, 3.63) is 35.9 Å². The second kappa shape index (κ2) is 13.7. The van der Waals surface area contributed by atoms with Crippen molar-refractivity contribution < 1.29 is 14.2 Å². The molecule has 1 N–H and O–H groups in total. The molecule has 0 fully saturated rings. The van der Waals surface area contributed by atoms with Crippen molar-refractivity contribution in [3.63, 3.8) is 0 Å². The van der Waals surface area contributed by atoms with Crippen LogP contribution in [-0.2, 0) is 4.57 Å². The highest BCUT2D eigenvalue weighted by Gasteiger charge is 2.39. The Bertz CT molecular complexity index is 672.